The Kier molecular flexibility index (Phi) is 5.67. The van der Waals surface area contributed by atoms with Crippen molar-refractivity contribution in [2.75, 3.05) is 10.7 Å². The number of rotatable bonds is 5. The molecule has 1 amide bonds. The minimum absolute atomic E-state index is 0.0333. The number of benzene rings is 1. The van der Waals surface area contributed by atoms with Crippen molar-refractivity contribution in [2.45, 2.75) is 25.8 Å². The van der Waals surface area contributed by atoms with Gasteiger partial charge in [-0.1, -0.05) is 50.9 Å². The predicted molar refractivity (Wildman–Crippen MR) is 79.3 cm³/mol. The molecule has 94 valence electrons. The van der Waals surface area contributed by atoms with E-state index in [0.29, 0.717) is 16.2 Å². The van der Waals surface area contributed by atoms with E-state index in [4.69, 9.17) is 0 Å². The molecule has 0 heterocycles. The standard InChI is InChI=1S/C13H17Br2NO/c1-3-10-4-6-11(7-5-10)12(17)16-13(2,8-14)9-15/h4-7H,3,8-9H2,1-2H3,(H,16,17). The Bertz CT molecular complexity index is 372. The van der Waals surface area contributed by atoms with Crippen LogP contribution in [-0.2, 0) is 6.42 Å². The highest BCUT2D eigenvalue weighted by atomic mass is 79.9. The second-order valence-electron chi connectivity index (χ2n) is 4.33. The van der Waals surface area contributed by atoms with Gasteiger partial charge in [0.15, 0.2) is 0 Å². The second-order valence-corrected chi connectivity index (χ2v) is 5.45. The zero-order valence-corrected chi connectivity index (χ0v) is 13.3. The minimum atomic E-state index is -0.263. The van der Waals surface area contributed by atoms with Crippen molar-refractivity contribution in [3.8, 4) is 0 Å². The van der Waals surface area contributed by atoms with Gasteiger partial charge in [-0.2, -0.15) is 0 Å². The first-order chi connectivity index (χ1) is 8.04. The molecule has 17 heavy (non-hydrogen) atoms. The summed E-state index contributed by atoms with van der Waals surface area (Å²) >= 11 is 6.82. The van der Waals surface area contributed by atoms with Crippen LogP contribution in [0, 0.1) is 0 Å². The van der Waals surface area contributed by atoms with Crippen LogP contribution in [0.3, 0.4) is 0 Å². The lowest BCUT2D eigenvalue weighted by Crippen LogP contribution is -2.48. The number of alkyl halides is 2. The van der Waals surface area contributed by atoms with E-state index < -0.39 is 0 Å². The van der Waals surface area contributed by atoms with Crippen LogP contribution in [0.15, 0.2) is 24.3 Å². The summed E-state index contributed by atoms with van der Waals surface area (Å²) in [5.74, 6) is -0.0333. The maximum atomic E-state index is 12.0. The molecule has 0 aliphatic heterocycles. The first kappa shape index (κ1) is 14.7. The summed E-state index contributed by atoms with van der Waals surface area (Å²) < 4.78 is 0. The van der Waals surface area contributed by atoms with Crippen molar-refractivity contribution in [3.05, 3.63) is 35.4 Å². The van der Waals surface area contributed by atoms with Gasteiger partial charge in [0.1, 0.15) is 0 Å². The number of halogens is 2. The van der Waals surface area contributed by atoms with Crippen molar-refractivity contribution in [2.24, 2.45) is 0 Å². The van der Waals surface area contributed by atoms with Gasteiger partial charge in [0.25, 0.3) is 5.91 Å². The van der Waals surface area contributed by atoms with E-state index >= 15 is 0 Å². The van der Waals surface area contributed by atoms with Gasteiger partial charge in [-0.25, -0.2) is 0 Å². The zero-order chi connectivity index (χ0) is 12.9. The van der Waals surface area contributed by atoms with Crippen molar-refractivity contribution < 1.29 is 4.79 Å². The molecule has 0 aliphatic carbocycles. The van der Waals surface area contributed by atoms with Gasteiger partial charge in [-0.15, -0.1) is 0 Å². The van der Waals surface area contributed by atoms with Crippen LogP contribution in [0.4, 0.5) is 0 Å². The molecule has 0 saturated heterocycles. The molecule has 0 aliphatic rings. The van der Waals surface area contributed by atoms with Crippen LogP contribution in [0.1, 0.15) is 29.8 Å². The van der Waals surface area contributed by atoms with Crippen LogP contribution < -0.4 is 5.32 Å². The fraction of sp³-hybridized carbons (Fsp3) is 0.462. The third-order valence-electron chi connectivity index (χ3n) is 2.63. The summed E-state index contributed by atoms with van der Waals surface area (Å²) in [4.78, 5) is 12.0. The first-order valence-corrected chi connectivity index (χ1v) is 7.82. The topological polar surface area (TPSA) is 29.1 Å². The predicted octanol–water partition coefficient (Wildman–Crippen LogP) is 3.53. The molecule has 0 atom stereocenters. The summed E-state index contributed by atoms with van der Waals surface area (Å²) in [7, 11) is 0. The number of carbonyl (C=O) groups excluding carboxylic acids is 1. The number of aryl methyl sites for hydroxylation is 1. The van der Waals surface area contributed by atoms with Gasteiger partial charge in [0.2, 0.25) is 0 Å². The molecule has 0 saturated carbocycles. The molecule has 0 spiro atoms. The molecular formula is C13H17Br2NO. The van der Waals surface area contributed by atoms with Gasteiger partial charge in [-0.3, -0.25) is 4.79 Å². The Morgan fingerprint density at radius 2 is 1.76 bits per heavy atom. The Hall–Kier alpha value is -0.350. The monoisotopic (exact) mass is 361 g/mol. The van der Waals surface area contributed by atoms with Crippen LogP contribution in [0.5, 0.6) is 0 Å². The van der Waals surface area contributed by atoms with Gasteiger partial charge in [-0.05, 0) is 31.0 Å². The molecule has 0 fully saturated rings. The summed E-state index contributed by atoms with van der Waals surface area (Å²) in [5, 5.41) is 4.44. The lowest BCUT2D eigenvalue weighted by atomic mass is 10.1. The fourth-order valence-corrected chi connectivity index (χ4v) is 2.55. The Labute approximate surface area is 119 Å². The van der Waals surface area contributed by atoms with Crippen LogP contribution in [0.2, 0.25) is 0 Å². The third-order valence-corrected chi connectivity index (χ3v) is 5.10. The summed E-state index contributed by atoms with van der Waals surface area (Å²) in [6.45, 7) is 4.09. The molecule has 2 nitrogen and oxygen atoms in total. The maximum Gasteiger partial charge on any atom is 0.251 e. The highest BCUT2D eigenvalue weighted by Gasteiger charge is 2.24. The van der Waals surface area contributed by atoms with Crippen molar-refractivity contribution in [3.63, 3.8) is 0 Å². The Morgan fingerprint density at radius 3 is 2.18 bits per heavy atom. The fourth-order valence-electron chi connectivity index (χ4n) is 1.34. The summed E-state index contributed by atoms with van der Waals surface area (Å²) in [6, 6.07) is 7.73. The smallest absolute Gasteiger partial charge is 0.251 e. The molecule has 1 aromatic rings. The molecule has 0 radical (unpaired) electrons. The first-order valence-electron chi connectivity index (χ1n) is 5.58. The summed E-state index contributed by atoms with van der Waals surface area (Å²) in [5.41, 5.74) is 1.68. The number of hydrogen-bond donors (Lipinski definition) is 1. The second kappa shape index (κ2) is 6.55. The van der Waals surface area contributed by atoms with E-state index in [2.05, 4.69) is 44.1 Å². The van der Waals surface area contributed by atoms with Crippen LogP contribution in [-0.4, -0.2) is 22.1 Å². The molecule has 1 rings (SSSR count). The van der Waals surface area contributed by atoms with E-state index in [9.17, 15) is 4.79 Å². The molecule has 0 aromatic heterocycles. The highest BCUT2D eigenvalue weighted by molar-refractivity contribution is 9.09. The number of amides is 1. The van der Waals surface area contributed by atoms with E-state index in [1.807, 2.05) is 31.2 Å². The SMILES string of the molecule is CCc1ccc(C(=O)NC(C)(CBr)CBr)cc1. The number of carbonyl (C=O) groups is 1. The largest absolute Gasteiger partial charge is 0.345 e. The van der Waals surface area contributed by atoms with Gasteiger partial charge < -0.3 is 5.32 Å². The third kappa shape index (κ3) is 4.11. The normalized spacial score (nSPS) is 11.3. The molecule has 1 aromatic carbocycles. The lowest BCUT2D eigenvalue weighted by molar-refractivity contribution is 0.0923. The van der Waals surface area contributed by atoms with E-state index in [-0.39, 0.29) is 11.4 Å². The molecular weight excluding hydrogens is 346 g/mol. The van der Waals surface area contributed by atoms with Gasteiger partial charge >= 0.3 is 0 Å². The van der Waals surface area contributed by atoms with E-state index in [1.165, 1.54) is 5.56 Å². The quantitative estimate of drug-likeness (QED) is 0.797. The maximum absolute atomic E-state index is 12.0. The zero-order valence-electron chi connectivity index (χ0n) is 10.1. The van der Waals surface area contributed by atoms with Crippen molar-refractivity contribution in [1.82, 2.24) is 5.32 Å². The highest BCUT2D eigenvalue weighted by Crippen LogP contribution is 2.13. The van der Waals surface area contributed by atoms with Crippen LogP contribution >= 0.6 is 31.9 Å². The van der Waals surface area contributed by atoms with Crippen molar-refractivity contribution in [1.29, 1.82) is 0 Å². The molecule has 0 bridgehead atoms. The molecule has 0 unspecified atom stereocenters. The van der Waals surface area contributed by atoms with Gasteiger partial charge in [0, 0.05) is 16.2 Å². The van der Waals surface area contributed by atoms with Crippen LogP contribution in [0.25, 0.3) is 0 Å². The molecule has 4 heteroatoms. The lowest BCUT2D eigenvalue weighted by Gasteiger charge is -2.26. The number of hydrogen-bond acceptors (Lipinski definition) is 1. The Balaban J connectivity index is 2.75. The molecule has 1 N–H and O–H groups in total. The number of nitrogens with one attached hydrogen (secondary N) is 1. The van der Waals surface area contributed by atoms with E-state index in [0.717, 1.165) is 6.42 Å². The van der Waals surface area contributed by atoms with Crippen molar-refractivity contribution >= 4 is 37.8 Å². The van der Waals surface area contributed by atoms with E-state index in [1.54, 1.807) is 0 Å². The Morgan fingerprint density at radius 1 is 1.24 bits per heavy atom. The van der Waals surface area contributed by atoms with Gasteiger partial charge in [0.05, 0.1) is 5.54 Å². The average Bonchev–Trinajstić information content (AvgIpc) is 2.38. The summed E-state index contributed by atoms with van der Waals surface area (Å²) in [6.07, 6.45) is 0.989. The average molecular weight is 363 g/mol. The minimum Gasteiger partial charge on any atom is -0.345 e.